The highest BCUT2D eigenvalue weighted by Crippen LogP contribution is 2.23. The maximum atomic E-state index is 10.9. The molecule has 0 radical (unpaired) electrons. The topological polar surface area (TPSA) is 17.1 Å². The Balaban J connectivity index is 2.39. The van der Waals surface area contributed by atoms with Crippen molar-refractivity contribution in [3.8, 4) is 0 Å². The van der Waals surface area contributed by atoms with Crippen molar-refractivity contribution in [3.05, 3.63) is 12.7 Å². The molecule has 1 atom stereocenters. The predicted octanol–water partition coefficient (Wildman–Crippen LogP) is 1.93. The van der Waals surface area contributed by atoms with E-state index in [0.717, 1.165) is 25.7 Å². The first-order valence-corrected chi connectivity index (χ1v) is 3.48. The molecular formula is C8H12O. The van der Waals surface area contributed by atoms with Crippen molar-refractivity contribution < 1.29 is 4.79 Å². The summed E-state index contributed by atoms with van der Waals surface area (Å²) >= 11 is 0. The fraction of sp³-hybridized carbons (Fsp3) is 0.625. The maximum Gasteiger partial charge on any atom is 0.136 e. The van der Waals surface area contributed by atoms with Gasteiger partial charge in [-0.3, -0.25) is 4.79 Å². The van der Waals surface area contributed by atoms with Gasteiger partial charge < -0.3 is 0 Å². The number of hydrogen-bond acceptors (Lipinski definition) is 1. The number of ketones is 1. The average Bonchev–Trinajstić information content (AvgIpc) is 2.18. The lowest BCUT2D eigenvalue weighted by Gasteiger charge is -2.00. The molecular weight excluding hydrogens is 113 g/mol. The molecule has 1 aliphatic carbocycles. The van der Waals surface area contributed by atoms with Crippen LogP contribution in [0.1, 0.15) is 25.7 Å². The zero-order valence-electron chi connectivity index (χ0n) is 5.60. The van der Waals surface area contributed by atoms with Gasteiger partial charge in [-0.25, -0.2) is 0 Å². The van der Waals surface area contributed by atoms with Crippen molar-refractivity contribution in [3.63, 3.8) is 0 Å². The van der Waals surface area contributed by atoms with Gasteiger partial charge in [-0.1, -0.05) is 6.08 Å². The Kier molecular flexibility index (Phi) is 2.04. The summed E-state index contributed by atoms with van der Waals surface area (Å²) in [5.74, 6) is 0.761. The Bertz CT molecular complexity index is 127. The van der Waals surface area contributed by atoms with Crippen LogP contribution in [-0.4, -0.2) is 5.78 Å². The Hall–Kier alpha value is -0.590. The second kappa shape index (κ2) is 2.81. The lowest BCUT2D eigenvalue weighted by molar-refractivity contribution is -0.120. The van der Waals surface area contributed by atoms with Crippen molar-refractivity contribution in [2.45, 2.75) is 25.7 Å². The second-order valence-corrected chi connectivity index (χ2v) is 2.58. The van der Waals surface area contributed by atoms with Crippen LogP contribution in [-0.2, 0) is 4.79 Å². The SMILES string of the molecule is C=CCC1CCC[13C]1=O. The third-order valence-electron chi connectivity index (χ3n) is 1.88. The lowest BCUT2D eigenvalue weighted by Crippen LogP contribution is -2.03. The van der Waals surface area contributed by atoms with E-state index in [1.54, 1.807) is 0 Å². The zero-order valence-corrected chi connectivity index (χ0v) is 5.60. The monoisotopic (exact) mass is 125 g/mol. The Morgan fingerprint density at radius 2 is 2.56 bits per heavy atom. The highest BCUT2D eigenvalue weighted by Gasteiger charge is 2.22. The normalized spacial score (nSPS) is 26.7. The summed E-state index contributed by atoms with van der Waals surface area (Å²) in [7, 11) is 0. The van der Waals surface area contributed by atoms with Crippen molar-refractivity contribution in [2.24, 2.45) is 5.92 Å². The molecule has 0 aromatic heterocycles. The van der Waals surface area contributed by atoms with E-state index in [1.807, 2.05) is 6.08 Å². The lowest BCUT2D eigenvalue weighted by atomic mass is 10.1. The molecule has 0 saturated heterocycles. The van der Waals surface area contributed by atoms with Gasteiger partial charge in [0.2, 0.25) is 0 Å². The first-order valence-electron chi connectivity index (χ1n) is 3.48. The minimum Gasteiger partial charge on any atom is -0.299 e. The van der Waals surface area contributed by atoms with E-state index in [4.69, 9.17) is 0 Å². The van der Waals surface area contributed by atoms with Gasteiger partial charge in [-0.2, -0.15) is 0 Å². The minimum absolute atomic E-state index is 0.322. The summed E-state index contributed by atoms with van der Waals surface area (Å²) < 4.78 is 0. The fourth-order valence-corrected chi connectivity index (χ4v) is 1.34. The van der Waals surface area contributed by atoms with Gasteiger partial charge >= 0.3 is 0 Å². The van der Waals surface area contributed by atoms with E-state index in [0.29, 0.717) is 11.7 Å². The Morgan fingerprint density at radius 1 is 1.78 bits per heavy atom. The van der Waals surface area contributed by atoms with Gasteiger partial charge in [0.15, 0.2) is 0 Å². The first-order chi connectivity index (χ1) is 4.34. The standard InChI is InChI=1S/C8H12O/c1-2-4-7-5-3-6-8(7)9/h2,7H,1,3-6H2/i8+1. The van der Waals surface area contributed by atoms with E-state index in [2.05, 4.69) is 6.58 Å². The maximum absolute atomic E-state index is 10.9. The molecule has 0 heterocycles. The van der Waals surface area contributed by atoms with E-state index in [1.165, 1.54) is 0 Å². The van der Waals surface area contributed by atoms with Crippen molar-refractivity contribution >= 4 is 5.78 Å². The third-order valence-corrected chi connectivity index (χ3v) is 1.88. The van der Waals surface area contributed by atoms with Crippen LogP contribution in [0, 0.1) is 5.92 Å². The van der Waals surface area contributed by atoms with Gasteiger partial charge in [0.1, 0.15) is 5.78 Å². The highest BCUT2D eigenvalue weighted by atomic mass is 16.2. The minimum atomic E-state index is 0.322. The van der Waals surface area contributed by atoms with E-state index < -0.39 is 0 Å². The van der Waals surface area contributed by atoms with Crippen LogP contribution in [0.5, 0.6) is 0 Å². The van der Waals surface area contributed by atoms with Crippen molar-refractivity contribution in [2.75, 3.05) is 0 Å². The number of Topliss-reactive ketones (excluding diaryl/α,β-unsaturated/α-hetero) is 1. The average molecular weight is 125 g/mol. The largest absolute Gasteiger partial charge is 0.299 e. The molecule has 1 rings (SSSR count). The van der Waals surface area contributed by atoms with E-state index >= 15 is 0 Å². The molecule has 1 nitrogen and oxygen atoms in total. The van der Waals surface area contributed by atoms with Crippen LogP contribution >= 0.6 is 0 Å². The predicted molar refractivity (Wildman–Crippen MR) is 37.2 cm³/mol. The van der Waals surface area contributed by atoms with Gasteiger partial charge in [0.25, 0.3) is 0 Å². The molecule has 1 fully saturated rings. The number of carbonyl (C=O) groups excluding carboxylic acids is 1. The van der Waals surface area contributed by atoms with Crippen LogP contribution < -0.4 is 0 Å². The third kappa shape index (κ3) is 1.41. The molecule has 0 aromatic rings. The number of rotatable bonds is 2. The van der Waals surface area contributed by atoms with E-state index in [-0.39, 0.29) is 0 Å². The number of allylic oxidation sites excluding steroid dienone is 1. The molecule has 0 bridgehead atoms. The quantitative estimate of drug-likeness (QED) is 0.407. The fourth-order valence-electron chi connectivity index (χ4n) is 1.34. The van der Waals surface area contributed by atoms with E-state index in [9.17, 15) is 4.79 Å². The summed E-state index contributed by atoms with van der Waals surface area (Å²) in [5, 5.41) is 0. The molecule has 1 aliphatic rings. The molecule has 1 unspecified atom stereocenters. The van der Waals surface area contributed by atoms with Crippen LogP contribution in [0.25, 0.3) is 0 Å². The molecule has 0 aliphatic heterocycles. The molecule has 50 valence electrons. The van der Waals surface area contributed by atoms with Gasteiger partial charge in [-0.15, -0.1) is 6.58 Å². The zero-order chi connectivity index (χ0) is 6.69. The summed E-state index contributed by atoms with van der Waals surface area (Å²) in [6.07, 6.45) is 5.72. The van der Waals surface area contributed by atoms with Crippen molar-refractivity contribution in [1.29, 1.82) is 0 Å². The summed E-state index contributed by atoms with van der Waals surface area (Å²) in [4.78, 5) is 10.9. The molecule has 9 heavy (non-hydrogen) atoms. The van der Waals surface area contributed by atoms with Crippen molar-refractivity contribution in [1.82, 2.24) is 0 Å². The second-order valence-electron chi connectivity index (χ2n) is 2.58. The summed E-state index contributed by atoms with van der Waals surface area (Å²) in [6, 6.07) is 0. The van der Waals surface area contributed by atoms with Gasteiger partial charge in [-0.05, 0) is 19.3 Å². The smallest absolute Gasteiger partial charge is 0.136 e. The van der Waals surface area contributed by atoms with Crippen LogP contribution in [0.3, 0.4) is 0 Å². The molecule has 0 spiro atoms. The summed E-state index contributed by atoms with van der Waals surface area (Å²) in [6.45, 7) is 3.61. The highest BCUT2D eigenvalue weighted by molar-refractivity contribution is 5.82. The molecule has 0 aromatic carbocycles. The molecule has 1 heteroatoms. The number of carbonyl (C=O) groups is 1. The Labute approximate surface area is 55.8 Å². The Morgan fingerprint density at radius 3 is 3.00 bits per heavy atom. The molecule has 1 saturated carbocycles. The van der Waals surface area contributed by atoms with Crippen LogP contribution in [0.4, 0.5) is 0 Å². The molecule has 0 N–H and O–H groups in total. The van der Waals surface area contributed by atoms with Crippen LogP contribution in [0.2, 0.25) is 0 Å². The van der Waals surface area contributed by atoms with Gasteiger partial charge in [0, 0.05) is 12.3 Å². The first kappa shape index (κ1) is 6.53. The molecule has 0 amide bonds. The van der Waals surface area contributed by atoms with Gasteiger partial charge in [0.05, 0.1) is 0 Å². The van der Waals surface area contributed by atoms with Crippen LogP contribution in [0.15, 0.2) is 12.7 Å². The number of hydrogen-bond donors (Lipinski definition) is 0. The summed E-state index contributed by atoms with van der Waals surface area (Å²) in [5.41, 5.74) is 0.